The Morgan fingerprint density at radius 2 is 1.96 bits per heavy atom. The maximum Gasteiger partial charge on any atom is 0.274 e. The predicted molar refractivity (Wildman–Crippen MR) is 85.9 cm³/mol. The predicted octanol–water partition coefficient (Wildman–Crippen LogP) is 0.118. The molecular formula is C15H22N4O3S. The number of sulfone groups is 1. The van der Waals surface area contributed by atoms with Crippen molar-refractivity contribution in [3.05, 3.63) is 23.8 Å². The molecule has 0 saturated carbocycles. The first-order chi connectivity index (χ1) is 10.9. The summed E-state index contributed by atoms with van der Waals surface area (Å²) in [4.78, 5) is 24.9. The summed E-state index contributed by atoms with van der Waals surface area (Å²) in [5.41, 5.74) is 1.03. The number of nitrogens with zero attached hydrogens (tertiary/aromatic N) is 4. The minimum absolute atomic E-state index is 0.0446. The summed E-state index contributed by atoms with van der Waals surface area (Å²) in [6.45, 7) is 5.99. The summed E-state index contributed by atoms with van der Waals surface area (Å²) >= 11 is 0. The number of aromatic nitrogens is 2. The van der Waals surface area contributed by atoms with Crippen molar-refractivity contribution < 1.29 is 13.2 Å². The molecule has 3 heterocycles. The highest BCUT2D eigenvalue weighted by atomic mass is 32.2. The van der Waals surface area contributed by atoms with Crippen LogP contribution in [0.4, 0.5) is 0 Å². The largest absolute Gasteiger partial charge is 0.330 e. The molecule has 0 aliphatic carbocycles. The first-order valence-corrected chi connectivity index (χ1v) is 9.77. The molecule has 0 spiro atoms. The van der Waals surface area contributed by atoms with Gasteiger partial charge in [0, 0.05) is 25.3 Å². The summed E-state index contributed by atoms with van der Waals surface area (Å²) in [6.07, 6.45) is 4.00. The molecule has 0 aromatic carbocycles. The molecule has 2 unspecified atom stereocenters. The summed E-state index contributed by atoms with van der Waals surface area (Å²) < 4.78 is 24.2. The van der Waals surface area contributed by atoms with E-state index in [2.05, 4.69) is 21.8 Å². The maximum absolute atomic E-state index is 12.7. The van der Waals surface area contributed by atoms with Gasteiger partial charge in [-0.1, -0.05) is 6.92 Å². The zero-order valence-corrected chi connectivity index (χ0v) is 14.3. The Hall–Kier alpha value is -1.54. The maximum atomic E-state index is 12.7. The van der Waals surface area contributed by atoms with Crippen LogP contribution < -0.4 is 0 Å². The van der Waals surface area contributed by atoms with E-state index in [9.17, 15) is 13.2 Å². The van der Waals surface area contributed by atoms with Gasteiger partial charge in [0.2, 0.25) is 0 Å². The second-order valence-corrected chi connectivity index (χ2v) is 8.44. The molecular weight excluding hydrogens is 316 g/mol. The molecule has 23 heavy (non-hydrogen) atoms. The molecule has 8 heteroatoms. The molecule has 2 atom stereocenters. The van der Waals surface area contributed by atoms with Crippen molar-refractivity contribution in [2.45, 2.75) is 32.4 Å². The fraction of sp³-hybridized carbons (Fsp3) is 0.667. The normalized spacial score (nSPS) is 27.0. The van der Waals surface area contributed by atoms with Gasteiger partial charge in [0.25, 0.3) is 5.91 Å². The highest BCUT2D eigenvalue weighted by molar-refractivity contribution is 7.91. The minimum atomic E-state index is -3.11. The second-order valence-electron chi connectivity index (χ2n) is 6.29. The summed E-state index contributed by atoms with van der Waals surface area (Å²) in [6, 6.07) is -0.382. The minimum Gasteiger partial charge on any atom is -0.330 e. The summed E-state index contributed by atoms with van der Waals surface area (Å²) in [5, 5.41) is 0. The van der Waals surface area contributed by atoms with E-state index >= 15 is 0 Å². The number of hydrogen-bond donors (Lipinski definition) is 0. The van der Waals surface area contributed by atoms with Crippen LogP contribution in [0.5, 0.6) is 0 Å². The standard InChI is InChI=1S/C15H22N4O3S/c1-3-4-18-5-6-19(14-10-23(21,22)9-13(14)18)15(20)12-8-16-11(2)7-17-12/h7-8,13-14H,3-6,9-10H2,1-2H3. The molecule has 3 rings (SSSR count). The summed E-state index contributed by atoms with van der Waals surface area (Å²) in [5.74, 6) is -0.0371. The smallest absolute Gasteiger partial charge is 0.274 e. The lowest BCUT2D eigenvalue weighted by molar-refractivity contribution is 0.0328. The molecule has 7 nitrogen and oxygen atoms in total. The lowest BCUT2D eigenvalue weighted by Crippen LogP contribution is -2.60. The molecule has 1 aromatic rings. The number of carbonyl (C=O) groups is 1. The van der Waals surface area contributed by atoms with Crippen LogP contribution in [-0.4, -0.2) is 77.3 Å². The molecule has 1 amide bonds. The van der Waals surface area contributed by atoms with Crippen molar-refractivity contribution in [3.8, 4) is 0 Å². The zero-order valence-electron chi connectivity index (χ0n) is 13.5. The molecule has 0 radical (unpaired) electrons. The third-order valence-corrected chi connectivity index (χ3v) is 6.26. The molecule has 0 N–H and O–H groups in total. The fourth-order valence-corrected chi connectivity index (χ4v) is 5.50. The average molecular weight is 338 g/mol. The third kappa shape index (κ3) is 3.23. The van der Waals surface area contributed by atoms with Crippen LogP contribution in [0.3, 0.4) is 0 Å². The van der Waals surface area contributed by atoms with Gasteiger partial charge < -0.3 is 4.90 Å². The third-order valence-electron chi connectivity index (χ3n) is 4.56. The highest BCUT2D eigenvalue weighted by Gasteiger charge is 2.48. The molecule has 2 fully saturated rings. The number of fused-ring (bicyclic) bond motifs is 1. The van der Waals surface area contributed by atoms with Gasteiger partial charge in [0.15, 0.2) is 9.84 Å². The Kier molecular flexibility index (Phi) is 4.37. The molecule has 2 aliphatic heterocycles. The van der Waals surface area contributed by atoms with E-state index in [4.69, 9.17) is 0 Å². The number of rotatable bonds is 3. The van der Waals surface area contributed by atoms with E-state index in [1.54, 1.807) is 11.1 Å². The SMILES string of the molecule is CCCN1CCN(C(=O)c2cnc(C)cn2)C2CS(=O)(=O)CC21. The lowest BCUT2D eigenvalue weighted by Gasteiger charge is -2.43. The van der Waals surface area contributed by atoms with E-state index in [1.807, 2.05) is 6.92 Å². The highest BCUT2D eigenvalue weighted by Crippen LogP contribution is 2.28. The van der Waals surface area contributed by atoms with Gasteiger partial charge in [-0.05, 0) is 19.9 Å². The molecule has 2 saturated heterocycles. The van der Waals surface area contributed by atoms with Gasteiger partial charge >= 0.3 is 0 Å². The van der Waals surface area contributed by atoms with Gasteiger partial charge in [0.05, 0.1) is 29.4 Å². The number of hydrogen-bond acceptors (Lipinski definition) is 6. The lowest BCUT2D eigenvalue weighted by atomic mass is 10.0. The van der Waals surface area contributed by atoms with Gasteiger partial charge in [-0.2, -0.15) is 0 Å². The Morgan fingerprint density at radius 3 is 2.61 bits per heavy atom. The van der Waals surface area contributed by atoms with Crippen molar-refractivity contribution in [3.63, 3.8) is 0 Å². The van der Waals surface area contributed by atoms with E-state index in [-0.39, 0.29) is 35.2 Å². The van der Waals surface area contributed by atoms with Crippen molar-refractivity contribution in [2.75, 3.05) is 31.1 Å². The first-order valence-electron chi connectivity index (χ1n) is 7.95. The van der Waals surface area contributed by atoms with Crippen LogP contribution in [-0.2, 0) is 9.84 Å². The van der Waals surface area contributed by atoms with E-state index in [1.165, 1.54) is 6.20 Å². The summed E-state index contributed by atoms with van der Waals surface area (Å²) in [7, 11) is -3.11. The number of carbonyl (C=O) groups excluding carboxylic acids is 1. The Labute approximate surface area is 136 Å². The van der Waals surface area contributed by atoms with Crippen molar-refractivity contribution in [2.24, 2.45) is 0 Å². The molecule has 1 aromatic heterocycles. The quantitative estimate of drug-likeness (QED) is 0.778. The van der Waals surface area contributed by atoms with Crippen LogP contribution in [0.15, 0.2) is 12.4 Å². The van der Waals surface area contributed by atoms with Crippen molar-refractivity contribution in [1.29, 1.82) is 0 Å². The molecule has 0 bridgehead atoms. The van der Waals surface area contributed by atoms with Crippen molar-refractivity contribution in [1.82, 2.24) is 19.8 Å². The van der Waals surface area contributed by atoms with Gasteiger partial charge in [0.1, 0.15) is 5.69 Å². The fourth-order valence-electron chi connectivity index (χ4n) is 3.49. The van der Waals surface area contributed by atoms with Crippen LogP contribution >= 0.6 is 0 Å². The topological polar surface area (TPSA) is 83.5 Å². The van der Waals surface area contributed by atoms with Crippen LogP contribution in [0, 0.1) is 6.92 Å². The van der Waals surface area contributed by atoms with Crippen LogP contribution in [0.2, 0.25) is 0 Å². The van der Waals surface area contributed by atoms with E-state index < -0.39 is 9.84 Å². The second kappa shape index (κ2) is 6.16. The Balaban J connectivity index is 1.86. The van der Waals surface area contributed by atoms with Gasteiger partial charge in [-0.25, -0.2) is 13.4 Å². The van der Waals surface area contributed by atoms with Gasteiger partial charge in [-0.15, -0.1) is 0 Å². The van der Waals surface area contributed by atoms with Gasteiger partial charge in [-0.3, -0.25) is 14.7 Å². The number of amides is 1. The van der Waals surface area contributed by atoms with Crippen molar-refractivity contribution >= 4 is 15.7 Å². The first kappa shape index (κ1) is 16.3. The number of piperazine rings is 1. The van der Waals surface area contributed by atoms with E-state index in [0.717, 1.165) is 18.7 Å². The van der Waals surface area contributed by atoms with Crippen LogP contribution in [0.25, 0.3) is 0 Å². The average Bonchev–Trinajstić information content (AvgIpc) is 2.83. The Bertz CT molecular complexity index is 689. The monoisotopic (exact) mass is 338 g/mol. The van der Waals surface area contributed by atoms with Crippen LogP contribution in [0.1, 0.15) is 29.5 Å². The Morgan fingerprint density at radius 1 is 1.22 bits per heavy atom. The van der Waals surface area contributed by atoms with E-state index in [0.29, 0.717) is 13.1 Å². The number of aryl methyl sites for hydroxylation is 1. The zero-order chi connectivity index (χ0) is 16.6. The molecule has 2 aliphatic rings. The molecule has 126 valence electrons.